The average molecular weight is 280 g/mol. The molecule has 1 N–H and O–H groups in total. The number of likely N-dealkylation sites (N-methyl/N-ethyl adjacent to an activating group) is 1. The first kappa shape index (κ1) is 15.1. The van der Waals surface area contributed by atoms with E-state index in [0.717, 1.165) is 11.5 Å². The molecule has 2 rings (SSSR count). The molecule has 1 aromatic rings. The molecule has 0 saturated carbocycles. The summed E-state index contributed by atoms with van der Waals surface area (Å²) in [7, 11) is 1.87. The van der Waals surface area contributed by atoms with Gasteiger partial charge in [0.1, 0.15) is 11.5 Å². The summed E-state index contributed by atoms with van der Waals surface area (Å²) in [5.74, 6) is 1.71. The maximum Gasteiger partial charge on any atom is 0.230 e. The quantitative estimate of drug-likeness (QED) is 0.889. The number of aryl methyl sites for hydroxylation is 1. The highest BCUT2D eigenvalue weighted by atomic mass is 16.5. The molecule has 1 fully saturated rings. The molecule has 112 valence electrons. The average Bonchev–Trinajstić information content (AvgIpc) is 3.03. The molecule has 1 aliphatic heterocycles. The summed E-state index contributed by atoms with van der Waals surface area (Å²) >= 11 is 0. The summed E-state index contributed by atoms with van der Waals surface area (Å²) in [4.78, 5) is 14.6. The van der Waals surface area contributed by atoms with E-state index in [2.05, 4.69) is 5.32 Å². The molecule has 2 unspecified atom stereocenters. The minimum Gasteiger partial charge on any atom is -0.464 e. The maximum atomic E-state index is 12.7. The monoisotopic (exact) mass is 280 g/mol. The van der Waals surface area contributed by atoms with Gasteiger partial charge in [-0.25, -0.2) is 0 Å². The first-order valence-corrected chi connectivity index (χ1v) is 7.13. The standard InChI is InChI=1S/C15H24N2O3/c1-10(2)17(7-12-6-5-11(3)20-12)15(18)13-8-19-9-14(13)16-4/h5-6,10,13-14,16H,7-9H2,1-4H3. The van der Waals surface area contributed by atoms with Crippen LogP contribution in [0.25, 0.3) is 0 Å². The predicted octanol–water partition coefficient (Wildman–Crippen LogP) is 1.56. The molecule has 2 atom stereocenters. The molecular formula is C15H24N2O3. The Morgan fingerprint density at radius 2 is 2.20 bits per heavy atom. The van der Waals surface area contributed by atoms with Crippen molar-refractivity contribution in [2.75, 3.05) is 20.3 Å². The second-order valence-corrected chi connectivity index (χ2v) is 5.61. The number of carbonyl (C=O) groups is 1. The summed E-state index contributed by atoms with van der Waals surface area (Å²) in [6.07, 6.45) is 0. The summed E-state index contributed by atoms with van der Waals surface area (Å²) < 4.78 is 11.0. The lowest BCUT2D eigenvalue weighted by atomic mass is 10.0. The van der Waals surface area contributed by atoms with E-state index < -0.39 is 0 Å². The van der Waals surface area contributed by atoms with Gasteiger partial charge < -0.3 is 19.4 Å². The predicted molar refractivity (Wildman–Crippen MR) is 76.3 cm³/mol. The Labute approximate surface area is 120 Å². The molecule has 0 aliphatic carbocycles. The highest BCUT2D eigenvalue weighted by molar-refractivity contribution is 5.80. The molecule has 0 aromatic carbocycles. The van der Waals surface area contributed by atoms with Crippen LogP contribution in [0, 0.1) is 12.8 Å². The molecule has 5 heteroatoms. The van der Waals surface area contributed by atoms with E-state index in [0.29, 0.717) is 19.8 Å². The van der Waals surface area contributed by atoms with Gasteiger partial charge in [0.2, 0.25) is 5.91 Å². The molecule has 0 bridgehead atoms. The van der Waals surface area contributed by atoms with Crippen LogP contribution in [-0.2, 0) is 16.1 Å². The fourth-order valence-corrected chi connectivity index (χ4v) is 2.55. The van der Waals surface area contributed by atoms with E-state index in [4.69, 9.17) is 9.15 Å². The third kappa shape index (κ3) is 3.22. The van der Waals surface area contributed by atoms with Crippen LogP contribution in [0.5, 0.6) is 0 Å². The molecular weight excluding hydrogens is 256 g/mol. The number of nitrogens with one attached hydrogen (secondary N) is 1. The van der Waals surface area contributed by atoms with Crippen molar-refractivity contribution >= 4 is 5.91 Å². The van der Waals surface area contributed by atoms with E-state index in [1.807, 2.05) is 44.9 Å². The van der Waals surface area contributed by atoms with Crippen LogP contribution in [0.2, 0.25) is 0 Å². The van der Waals surface area contributed by atoms with E-state index in [1.165, 1.54) is 0 Å². The number of hydrogen-bond acceptors (Lipinski definition) is 4. The number of carbonyl (C=O) groups excluding carboxylic acids is 1. The van der Waals surface area contributed by atoms with Crippen LogP contribution < -0.4 is 5.32 Å². The van der Waals surface area contributed by atoms with Gasteiger partial charge in [0, 0.05) is 12.1 Å². The smallest absolute Gasteiger partial charge is 0.230 e. The zero-order valence-corrected chi connectivity index (χ0v) is 12.7. The van der Waals surface area contributed by atoms with Gasteiger partial charge in [0.15, 0.2) is 0 Å². The zero-order valence-electron chi connectivity index (χ0n) is 12.7. The van der Waals surface area contributed by atoms with Crippen molar-refractivity contribution < 1.29 is 13.9 Å². The highest BCUT2D eigenvalue weighted by Gasteiger charge is 2.36. The molecule has 2 heterocycles. The van der Waals surface area contributed by atoms with E-state index in [1.54, 1.807) is 0 Å². The fourth-order valence-electron chi connectivity index (χ4n) is 2.55. The first-order valence-electron chi connectivity index (χ1n) is 7.13. The number of ether oxygens (including phenoxy) is 1. The van der Waals surface area contributed by atoms with Crippen LogP contribution in [0.1, 0.15) is 25.4 Å². The maximum absolute atomic E-state index is 12.7. The largest absolute Gasteiger partial charge is 0.464 e. The number of rotatable bonds is 5. The van der Waals surface area contributed by atoms with Crippen LogP contribution in [0.4, 0.5) is 0 Å². The lowest BCUT2D eigenvalue weighted by molar-refractivity contribution is -0.138. The normalized spacial score (nSPS) is 22.4. The van der Waals surface area contributed by atoms with Gasteiger partial charge >= 0.3 is 0 Å². The molecule has 1 aromatic heterocycles. The lowest BCUT2D eigenvalue weighted by Gasteiger charge is -2.30. The van der Waals surface area contributed by atoms with Gasteiger partial charge in [-0.05, 0) is 40.0 Å². The van der Waals surface area contributed by atoms with Crippen molar-refractivity contribution in [3.05, 3.63) is 23.7 Å². The fraction of sp³-hybridized carbons (Fsp3) is 0.667. The number of nitrogens with zero attached hydrogens (tertiary/aromatic N) is 1. The van der Waals surface area contributed by atoms with Gasteiger partial charge in [0.25, 0.3) is 0 Å². The summed E-state index contributed by atoms with van der Waals surface area (Å²) in [6, 6.07) is 4.08. The Balaban J connectivity index is 2.09. The Hall–Kier alpha value is -1.33. The third-order valence-corrected chi connectivity index (χ3v) is 3.80. The summed E-state index contributed by atoms with van der Waals surface area (Å²) in [5, 5.41) is 3.16. The first-order chi connectivity index (χ1) is 9.52. The number of furan rings is 1. The van der Waals surface area contributed by atoms with Gasteiger partial charge in [-0.2, -0.15) is 0 Å². The van der Waals surface area contributed by atoms with Crippen molar-refractivity contribution in [1.29, 1.82) is 0 Å². The highest BCUT2D eigenvalue weighted by Crippen LogP contribution is 2.20. The van der Waals surface area contributed by atoms with Crippen molar-refractivity contribution in [2.24, 2.45) is 5.92 Å². The van der Waals surface area contributed by atoms with Crippen LogP contribution >= 0.6 is 0 Å². The number of hydrogen-bond donors (Lipinski definition) is 1. The second-order valence-electron chi connectivity index (χ2n) is 5.61. The van der Waals surface area contributed by atoms with Crippen LogP contribution in [0.3, 0.4) is 0 Å². The van der Waals surface area contributed by atoms with Crippen LogP contribution in [-0.4, -0.2) is 43.2 Å². The van der Waals surface area contributed by atoms with E-state index in [-0.39, 0.29) is 23.9 Å². The SMILES string of the molecule is CNC1COCC1C(=O)N(Cc1ccc(C)o1)C(C)C. The molecule has 1 saturated heterocycles. The van der Waals surface area contributed by atoms with Gasteiger partial charge in [0.05, 0.1) is 25.7 Å². The molecule has 5 nitrogen and oxygen atoms in total. The molecule has 20 heavy (non-hydrogen) atoms. The third-order valence-electron chi connectivity index (χ3n) is 3.80. The Morgan fingerprint density at radius 1 is 1.45 bits per heavy atom. The lowest BCUT2D eigenvalue weighted by Crippen LogP contribution is -2.46. The minimum atomic E-state index is -0.113. The van der Waals surface area contributed by atoms with Gasteiger partial charge in [-0.1, -0.05) is 0 Å². The Morgan fingerprint density at radius 3 is 2.75 bits per heavy atom. The Kier molecular flexibility index (Phi) is 4.83. The van der Waals surface area contributed by atoms with E-state index >= 15 is 0 Å². The van der Waals surface area contributed by atoms with Gasteiger partial charge in [-0.3, -0.25) is 4.79 Å². The number of amides is 1. The molecule has 1 amide bonds. The topological polar surface area (TPSA) is 54.7 Å². The van der Waals surface area contributed by atoms with Crippen molar-refractivity contribution in [2.45, 2.75) is 39.4 Å². The van der Waals surface area contributed by atoms with Crippen molar-refractivity contribution in [1.82, 2.24) is 10.2 Å². The molecule has 0 radical (unpaired) electrons. The second kappa shape index (κ2) is 6.41. The zero-order chi connectivity index (χ0) is 14.7. The summed E-state index contributed by atoms with van der Waals surface area (Å²) in [6.45, 7) is 7.56. The van der Waals surface area contributed by atoms with E-state index in [9.17, 15) is 4.79 Å². The van der Waals surface area contributed by atoms with Crippen LogP contribution in [0.15, 0.2) is 16.5 Å². The van der Waals surface area contributed by atoms with Crippen molar-refractivity contribution in [3.8, 4) is 0 Å². The molecule has 0 spiro atoms. The minimum absolute atomic E-state index is 0.0992. The van der Waals surface area contributed by atoms with Gasteiger partial charge in [-0.15, -0.1) is 0 Å². The van der Waals surface area contributed by atoms with Crippen molar-refractivity contribution in [3.63, 3.8) is 0 Å². The Bertz CT molecular complexity index is 456. The molecule has 1 aliphatic rings. The summed E-state index contributed by atoms with van der Waals surface area (Å²) in [5.41, 5.74) is 0.